The number of nitrogens with two attached hydrogens (primary N) is 1. The highest BCUT2D eigenvalue weighted by molar-refractivity contribution is 5.66. The zero-order valence-corrected chi connectivity index (χ0v) is 12.1. The SMILES string of the molecule is CC(C)Oc1ncnc(NC(C)C(C)(C)C)c1N. The van der Waals surface area contributed by atoms with Gasteiger partial charge < -0.3 is 15.8 Å². The minimum Gasteiger partial charge on any atom is -0.473 e. The van der Waals surface area contributed by atoms with Crippen molar-refractivity contribution in [2.45, 2.75) is 53.7 Å². The minimum atomic E-state index is 0.0371. The third kappa shape index (κ3) is 3.75. The highest BCUT2D eigenvalue weighted by Gasteiger charge is 2.21. The molecule has 0 amide bonds. The Bertz CT molecular complexity index is 398. The van der Waals surface area contributed by atoms with E-state index in [2.05, 4.69) is 43.0 Å². The van der Waals surface area contributed by atoms with Crippen molar-refractivity contribution >= 4 is 11.5 Å². The Labute approximate surface area is 109 Å². The molecule has 5 nitrogen and oxygen atoms in total. The second-order valence-electron chi connectivity index (χ2n) is 5.84. The summed E-state index contributed by atoms with van der Waals surface area (Å²) in [6.45, 7) is 12.5. The quantitative estimate of drug-likeness (QED) is 0.862. The first-order chi connectivity index (χ1) is 8.21. The molecule has 1 rings (SSSR count). The van der Waals surface area contributed by atoms with Crippen LogP contribution in [0.2, 0.25) is 0 Å². The van der Waals surface area contributed by atoms with Crippen molar-refractivity contribution < 1.29 is 4.74 Å². The smallest absolute Gasteiger partial charge is 0.242 e. The fourth-order valence-corrected chi connectivity index (χ4v) is 1.23. The van der Waals surface area contributed by atoms with Gasteiger partial charge in [0.25, 0.3) is 0 Å². The summed E-state index contributed by atoms with van der Waals surface area (Å²) >= 11 is 0. The van der Waals surface area contributed by atoms with Crippen LogP contribution in [0, 0.1) is 5.41 Å². The predicted molar refractivity (Wildman–Crippen MR) is 74.7 cm³/mol. The first-order valence-corrected chi connectivity index (χ1v) is 6.25. The molecular weight excluding hydrogens is 228 g/mol. The van der Waals surface area contributed by atoms with E-state index in [0.717, 1.165) is 0 Å². The van der Waals surface area contributed by atoms with Crippen LogP contribution in [0.15, 0.2) is 6.33 Å². The molecule has 0 aliphatic rings. The second kappa shape index (κ2) is 5.42. The fourth-order valence-electron chi connectivity index (χ4n) is 1.23. The molecule has 1 aromatic heterocycles. The summed E-state index contributed by atoms with van der Waals surface area (Å²) in [6.07, 6.45) is 1.50. The number of rotatable bonds is 4. The van der Waals surface area contributed by atoms with E-state index in [9.17, 15) is 0 Å². The number of nitrogens with one attached hydrogen (secondary N) is 1. The molecule has 0 radical (unpaired) electrons. The van der Waals surface area contributed by atoms with Crippen molar-refractivity contribution in [3.8, 4) is 5.88 Å². The summed E-state index contributed by atoms with van der Waals surface area (Å²) in [5, 5.41) is 3.31. The van der Waals surface area contributed by atoms with Gasteiger partial charge in [-0.2, -0.15) is 4.98 Å². The molecule has 18 heavy (non-hydrogen) atoms. The average molecular weight is 252 g/mol. The van der Waals surface area contributed by atoms with Crippen LogP contribution in [-0.2, 0) is 0 Å². The Morgan fingerprint density at radius 3 is 2.33 bits per heavy atom. The average Bonchev–Trinajstić information content (AvgIpc) is 2.21. The zero-order chi connectivity index (χ0) is 13.9. The third-order valence-corrected chi connectivity index (χ3v) is 2.85. The first kappa shape index (κ1) is 14.5. The molecule has 0 spiro atoms. The molecule has 1 heterocycles. The van der Waals surface area contributed by atoms with Crippen LogP contribution in [-0.4, -0.2) is 22.1 Å². The van der Waals surface area contributed by atoms with Gasteiger partial charge >= 0.3 is 0 Å². The highest BCUT2D eigenvalue weighted by Crippen LogP contribution is 2.29. The standard InChI is InChI=1S/C13H24N4O/c1-8(2)18-12-10(14)11(15-7-16-12)17-9(3)13(4,5)6/h7-9H,14H2,1-6H3,(H,15,16,17). The van der Waals surface area contributed by atoms with Crippen molar-refractivity contribution in [2.75, 3.05) is 11.1 Å². The number of nitrogens with zero attached hydrogens (tertiary/aromatic N) is 2. The van der Waals surface area contributed by atoms with Gasteiger partial charge in [-0.1, -0.05) is 20.8 Å². The number of aromatic nitrogens is 2. The predicted octanol–water partition coefficient (Wildman–Crippen LogP) is 2.69. The van der Waals surface area contributed by atoms with Crippen LogP contribution in [0.4, 0.5) is 11.5 Å². The van der Waals surface area contributed by atoms with Crippen LogP contribution in [0.5, 0.6) is 5.88 Å². The highest BCUT2D eigenvalue weighted by atomic mass is 16.5. The van der Waals surface area contributed by atoms with E-state index in [0.29, 0.717) is 17.4 Å². The Balaban J connectivity index is 2.90. The summed E-state index contributed by atoms with van der Waals surface area (Å²) in [7, 11) is 0. The number of hydrogen-bond donors (Lipinski definition) is 2. The van der Waals surface area contributed by atoms with Crippen LogP contribution < -0.4 is 15.8 Å². The maximum absolute atomic E-state index is 6.01. The van der Waals surface area contributed by atoms with Gasteiger partial charge in [0, 0.05) is 6.04 Å². The molecule has 0 saturated heterocycles. The Kier molecular flexibility index (Phi) is 4.38. The van der Waals surface area contributed by atoms with Gasteiger partial charge in [0.05, 0.1) is 6.10 Å². The third-order valence-electron chi connectivity index (χ3n) is 2.85. The molecule has 0 saturated carbocycles. The van der Waals surface area contributed by atoms with E-state index in [1.165, 1.54) is 6.33 Å². The van der Waals surface area contributed by atoms with Crippen LogP contribution >= 0.6 is 0 Å². The lowest BCUT2D eigenvalue weighted by molar-refractivity contribution is 0.234. The van der Waals surface area contributed by atoms with Gasteiger partial charge in [-0.3, -0.25) is 0 Å². The van der Waals surface area contributed by atoms with Crippen molar-refractivity contribution in [3.63, 3.8) is 0 Å². The summed E-state index contributed by atoms with van der Waals surface area (Å²) in [6, 6.07) is 0.238. The van der Waals surface area contributed by atoms with Gasteiger partial charge in [-0.15, -0.1) is 0 Å². The summed E-state index contributed by atoms with van der Waals surface area (Å²) in [5.74, 6) is 1.06. The van der Waals surface area contributed by atoms with Gasteiger partial charge in [-0.05, 0) is 26.2 Å². The van der Waals surface area contributed by atoms with Crippen LogP contribution in [0.1, 0.15) is 41.5 Å². The molecule has 0 aliphatic heterocycles. The van der Waals surface area contributed by atoms with Crippen molar-refractivity contribution in [3.05, 3.63) is 6.33 Å². The van der Waals surface area contributed by atoms with Crippen LogP contribution in [0.25, 0.3) is 0 Å². The lowest BCUT2D eigenvalue weighted by Crippen LogP contribution is -2.31. The first-order valence-electron chi connectivity index (χ1n) is 6.25. The lowest BCUT2D eigenvalue weighted by atomic mass is 9.88. The fraction of sp³-hybridized carbons (Fsp3) is 0.692. The number of anilines is 2. The molecule has 1 aromatic rings. The van der Waals surface area contributed by atoms with E-state index < -0.39 is 0 Å². The summed E-state index contributed by atoms with van der Waals surface area (Å²) in [5.41, 5.74) is 6.59. The lowest BCUT2D eigenvalue weighted by Gasteiger charge is -2.29. The number of ether oxygens (including phenoxy) is 1. The molecule has 1 atom stereocenters. The van der Waals surface area contributed by atoms with Crippen molar-refractivity contribution in [1.29, 1.82) is 0 Å². The van der Waals surface area contributed by atoms with Crippen molar-refractivity contribution in [1.82, 2.24) is 9.97 Å². The van der Waals surface area contributed by atoms with E-state index in [-0.39, 0.29) is 17.6 Å². The van der Waals surface area contributed by atoms with E-state index in [1.807, 2.05) is 13.8 Å². The maximum atomic E-state index is 6.01. The molecule has 5 heteroatoms. The molecule has 0 aromatic carbocycles. The Morgan fingerprint density at radius 1 is 1.22 bits per heavy atom. The van der Waals surface area contributed by atoms with Crippen LogP contribution in [0.3, 0.4) is 0 Å². The van der Waals surface area contributed by atoms with Crippen molar-refractivity contribution in [2.24, 2.45) is 5.41 Å². The molecule has 0 aliphatic carbocycles. The van der Waals surface area contributed by atoms with E-state index >= 15 is 0 Å². The molecule has 0 fully saturated rings. The Hall–Kier alpha value is -1.52. The monoisotopic (exact) mass is 252 g/mol. The number of nitrogen functional groups attached to an aromatic ring is 1. The zero-order valence-electron chi connectivity index (χ0n) is 12.1. The minimum absolute atomic E-state index is 0.0371. The summed E-state index contributed by atoms with van der Waals surface area (Å²) < 4.78 is 5.54. The largest absolute Gasteiger partial charge is 0.473 e. The second-order valence-corrected chi connectivity index (χ2v) is 5.84. The molecule has 1 unspecified atom stereocenters. The molecular formula is C13H24N4O. The van der Waals surface area contributed by atoms with Gasteiger partial charge in [0.2, 0.25) is 5.88 Å². The maximum Gasteiger partial charge on any atom is 0.242 e. The van der Waals surface area contributed by atoms with Gasteiger partial charge in [0.15, 0.2) is 5.82 Å². The normalized spacial score (nSPS) is 13.5. The van der Waals surface area contributed by atoms with E-state index in [4.69, 9.17) is 10.5 Å². The number of hydrogen-bond acceptors (Lipinski definition) is 5. The van der Waals surface area contributed by atoms with Gasteiger partial charge in [-0.25, -0.2) is 4.98 Å². The molecule has 3 N–H and O–H groups in total. The summed E-state index contributed by atoms with van der Waals surface area (Å²) in [4.78, 5) is 8.22. The van der Waals surface area contributed by atoms with Gasteiger partial charge in [0.1, 0.15) is 12.0 Å². The molecule has 0 bridgehead atoms. The topological polar surface area (TPSA) is 73.1 Å². The molecule has 102 valence electrons. The Morgan fingerprint density at radius 2 is 1.83 bits per heavy atom. The van der Waals surface area contributed by atoms with E-state index in [1.54, 1.807) is 0 Å².